The van der Waals surface area contributed by atoms with Gasteiger partial charge < -0.3 is 5.11 Å². The maximum atomic E-state index is 12.2. The predicted octanol–water partition coefficient (Wildman–Crippen LogP) is 2.10. The van der Waals surface area contributed by atoms with E-state index >= 15 is 0 Å². The van der Waals surface area contributed by atoms with Crippen LogP contribution in [0.2, 0.25) is 0 Å². The van der Waals surface area contributed by atoms with Crippen LogP contribution in [0.1, 0.15) is 54.9 Å². The van der Waals surface area contributed by atoms with Crippen molar-refractivity contribution in [1.29, 1.82) is 0 Å². The number of nitrogens with zero attached hydrogens (tertiary/aromatic N) is 1. The van der Waals surface area contributed by atoms with Gasteiger partial charge in [-0.15, -0.1) is 3.98 Å². The summed E-state index contributed by atoms with van der Waals surface area (Å²) in [7, 11) is -1.07. The summed E-state index contributed by atoms with van der Waals surface area (Å²) in [6.45, 7) is 13.4. The highest BCUT2D eigenvalue weighted by molar-refractivity contribution is 7.80. The Morgan fingerprint density at radius 2 is 1.69 bits per heavy atom. The molecule has 1 atom stereocenters. The Morgan fingerprint density at radius 3 is 1.94 bits per heavy atom. The van der Waals surface area contributed by atoms with E-state index in [1.54, 1.807) is 13.8 Å². The van der Waals surface area contributed by atoms with Gasteiger partial charge in [0, 0.05) is 0 Å². The first kappa shape index (κ1) is 15.8. The van der Waals surface area contributed by atoms with Crippen molar-refractivity contribution in [1.82, 2.24) is 0 Å². The summed E-state index contributed by atoms with van der Waals surface area (Å²) >= 11 is 0. The van der Waals surface area contributed by atoms with Crippen molar-refractivity contribution in [2.75, 3.05) is 0 Å². The number of rotatable bonds is 4. The summed E-state index contributed by atoms with van der Waals surface area (Å²) < 4.78 is 13.8. The van der Waals surface area contributed by atoms with Crippen molar-refractivity contribution in [3.05, 3.63) is 0 Å². The number of hydrogen-bond donors (Lipinski definition) is 1. The quantitative estimate of drug-likeness (QED) is 0.611. The molecule has 0 heterocycles. The van der Waals surface area contributed by atoms with E-state index in [1.165, 1.54) is 0 Å². The standard InChI is InChI=1S/C12H26NO2S/c1-10(2)13(9-8-12(6,7)14)16(15)11(3,4)5/h9-10,14H,8H2,1-7H3/q+1/b13-9+. The molecule has 1 unspecified atom stereocenters. The lowest BCUT2D eigenvalue weighted by molar-refractivity contribution is -0.396. The van der Waals surface area contributed by atoms with Crippen molar-refractivity contribution < 1.29 is 13.3 Å². The maximum Gasteiger partial charge on any atom is 0.287 e. The first-order chi connectivity index (χ1) is 6.95. The van der Waals surface area contributed by atoms with Gasteiger partial charge in [-0.2, -0.15) is 4.21 Å². The summed E-state index contributed by atoms with van der Waals surface area (Å²) in [5.74, 6) is 0. The lowest BCUT2D eigenvalue weighted by atomic mass is 10.1. The molecule has 4 heteroatoms. The van der Waals surface area contributed by atoms with E-state index in [9.17, 15) is 9.32 Å². The summed E-state index contributed by atoms with van der Waals surface area (Å²) in [6, 6.07) is 0.169. The zero-order chi connectivity index (χ0) is 13.1. The topological polar surface area (TPSA) is 40.3 Å². The molecule has 0 aliphatic rings. The molecule has 0 aliphatic carbocycles. The van der Waals surface area contributed by atoms with Gasteiger partial charge in [-0.1, -0.05) is 0 Å². The predicted molar refractivity (Wildman–Crippen MR) is 70.3 cm³/mol. The highest BCUT2D eigenvalue weighted by Gasteiger charge is 2.32. The fraction of sp³-hybridized carbons (Fsp3) is 0.917. The van der Waals surface area contributed by atoms with Crippen LogP contribution in [-0.4, -0.2) is 35.9 Å². The zero-order valence-corrected chi connectivity index (χ0v) is 12.4. The van der Waals surface area contributed by atoms with Crippen molar-refractivity contribution in [2.45, 2.75) is 71.3 Å². The normalized spacial score (nSPS) is 16.7. The summed E-state index contributed by atoms with van der Waals surface area (Å²) in [5, 5.41) is 9.68. The molecule has 0 amide bonds. The molecule has 0 fully saturated rings. The molecule has 0 bridgehead atoms. The highest BCUT2D eigenvalue weighted by Crippen LogP contribution is 2.15. The average molecular weight is 248 g/mol. The molecule has 0 spiro atoms. The van der Waals surface area contributed by atoms with Crippen molar-refractivity contribution in [3.63, 3.8) is 0 Å². The van der Waals surface area contributed by atoms with Gasteiger partial charge in [0.25, 0.3) is 11.0 Å². The van der Waals surface area contributed by atoms with Crippen LogP contribution in [0.25, 0.3) is 0 Å². The van der Waals surface area contributed by atoms with Crippen LogP contribution in [0, 0.1) is 0 Å². The monoisotopic (exact) mass is 248 g/mol. The van der Waals surface area contributed by atoms with Crippen molar-refractivity contribution in [3.8, 4) is 0 Å². The largest absolute Gasteiger partial charge is 0.390 e. The second-order valence-electron chi connectivity index (χ2n) is 6.01. The third kappa shape index (κ3) is 5.75. The zero-order valence-electron chi connectivity index (χ0n) is 11.6. The van der Waals surface area contributed by atoms with Gasteiger partial charge in [-0.05, 0) is 48.5 Å². The van der Waals surface area contributed by atoms with Crippen LogP contribution in [-0.2, 0) is 11.0 Å². The van der Waals surface area contributed by atoms with Crippen LogP contribution in [0.4, 0.5) is 0 Å². The van der Waals surface area contributed by atoms with E-state index in [4.69, 9.17) is 0 Å². The SMILES string of the molecule is CC(C)/[N+](=C\CC(C)(C)O)S(=O)C(C)(C)C. The molecule has 0 aromatic carbocycles. The molecule has 0 saturated heterocycles. The van der Waals surface area contributed by atoms with Gasteiger partial charge in [-0.25, -0.2) is 0 Å². The molecule has 0 saturated carbocycles. The molecular formula is C12H26NO2S+. The van der Waals surface area contributed by atoms with Gasteiger partial charge in [0.2, 0.25) is 0 Å². The van der Waals surface area contributed by atoms with E-state index in [0.717, 1.165) is 0 Å². The number of hydrogen-bond acceptors (Lipinski definition) is 2. The second-order valence-corrected chi connectivity index (χ2v) is 8.16. The van der Waals surface area contributed by atoms with Crippen LogP contribution >= 0.6 is 0 Å². The molecule has 3 nitrogen and oxygen atoms in total. The second kappa shape index (κ2) is 5.41. The van der Waals surface area contributed by atoms with E-state index in [0.29, 0.717) is 6.42 Å². The minimum absolute atomic E-state index is 0.169. The molecule has 16 heavy (non-hydrogen) atoms. The average Bonchev–Trinajstić information content (AvgIpc) is 1.99. The fourth-order valence-electron chi connectivity index (χ4n) is 1.10. The molecule has 1 N–H and O–H groups in total. The van der Waals surface area contributed by atoms with Crippen LogP contribution in [0.3, 0.4) is 0 Å². The minimum Gasteiger partial charge on any atom is -0.390 e. The van der Waals surface area contributed by atoms with E-state index < -0.39 is 16.6 Å². The Bertz CT molecular complexity index is 282. The number of aliphatic hydroxyl groups is 1. The molecular weight excluding hydrogens is 222 g/mol. The molecule has 0 aromatic rings. The molecule has 0 aromatic heterocycles. The Hall–Kier alpha value is -0.220. The molecule has 0 rings (SSSR count). The van der Waals surface area contributed by atoms with Crippen LogP contribution < -0.4 is 0 Å². The van der Waals surface area contributed by atoms with Crippen molar-refractivity contribution in [2.24, 2.45) is 0 Å². The van der Waals surface area contributed by atoms with E-state index in [2.05, 4.69) is 0 Å². The molecule has 96 valence electrons. The van der Waals surface area contributed by atoms with Gasteiger partial charge in [0.15, 0.2) is 12.3 Å². The van der Waals surface area contributed by atoms with Gasteiger partial charge in [0.1, 0.15) is 0 Å². The Kier molecular flexibility index (Phi) is 5.33. The highest BCUT2D eigenvalue weighted by atomic mass is 32.2. The van der Waals surface area contributed by atoms with Crippen LogP contribution in [0.15, 0.2) is 0 Å². The first-order valence-electron chi connectivity index (χ1n) is 5.71. The maximum absolute atomic E-state index is 12.2. The summed E-state index contributed by atoms with van der Waals surface area (Å²) in [5.41, 5.74) is -0.755. The Morgan fingerprint density at radius 1 is 1.25 bits per heavy atom. The van der Waals surface area contributed by atoms with Gasteiger partial charge in [0.05, 0.1) is 16.8 Å². The Labute approximate surface area is 102 Å². The third-order valence-corrected chi connectivity index (χ3v) is 4.00. The van der Waals surface area contributed by atoms with Crippen LogP contribution in [0.5, 0.6) is 0 Å². The third-order valence-electron chi connectivity index (χ3n) is 2.00. The fourth-order valence-corrected chi connectivity index (χ4v) is 2.32. The van der Waals surface area contributed by atoms with Gasteiger partial charge in [-0.3, -0.25) is 0 Å². The lowest BCUT2D eigenvalue weighted by Gasteiger charge is -2.18. The smallest absolute Gasteiger partial charge is 0.287 e. The minimum atomic E-state index is -1.07. The first-order valence-corrected chi connectivity index (χ1v) is 6.82. The van der Waals surface area contributed by atoms with E-state index in [1.807, 2.05) is 44.8 Å². The molecule has 0 aliphatic heterocycles. The summed E-state index contributed by atoms with van der Waals surface area (Å²) in [6.07, 6.45) is 2.36. The van der Waals surface area contributed by atoms with E-state index in [-0.39, 0.29) is 10.8 Å². The Balaban J connectivity index is 4.97. The van der Waals surface area contributed by atoms with Gasteiger partial charge >= 0.3 is 0 Å². The molecule has 0 radical (unpaired) electrons. The lowest BCUT2D eigenvalue weighted by Crippen LogP contribution is -2.36. The summed E-state index contributed by atoms with van der Waals surface area (Å²) in [4.78, 5) is 0. The van der Waals surface area contributed by atoms with Crippen molar-refractivity contribution >= 4 is 17.2 Å².